The van der Waals surface area contributed by atoms with E-state index in [-0.39, 0.29) is 5.54 Å². The van der Waals surface area contributed by atoms with Gasteiger partial charge in [0.1, 0.15) is 0 Å². The van der Waals surface area contributed by atoms with Gasteiger partial charge in [0, 0.05) is 23.5 Å². The van der Waals surface area contributed by atoms with Gasteiger partial charge in [-0.05, 0) is 38.8 Å². The van der Waals surface area contributed by atoms with Crippen LogP contribution in [0.4, 0.5) is 0 Å². The molecule has 1 N–H and O–H groups in total. The van der Waals surface area contributed by atoms with Gasteiger partial charge in [0.25, 0.3) is 0 Å². The van der Waals surface area contributed by atoms with Crippen LogP contribution in [0.5, 0.6) is 0 Å². The first kappa shape index (κ1) is 14.5. The highest BCUT2D eigenvalue weighted by molar-refractivity contribution is 7.99. The van der Waals surface area contributed by atoms with Gasteiger partial charge in [-0.3, -0.25) is 0 Å². The van der Waals surface area contributed by atoms with Crippen LogP contribution >= 0.6 is 11.8 Å². The van der Waals surface area contributed by atoms with Crippen molar-refractivity contribution in [1.82, 2.24) is 10.3 Å². The number of pyridine rings is 1. The summed E-state index contributed by atoms with van der Waals surface area (Å²) in [7, 11) is 0. The molecule has 0 fully saturated rings. The second-order valence-electron chi connectivity index (χ2n) is 5.74. The third-order valence-corrected chi connectivity index (χ3v) is 3.38. The molecule has 0 aliphatic heterocycles. The van der Waals surface area contributed by atoms with E-state index >= 15 is 0 Å². The minimum atomic E-state index is 0.152. The maximum Gasteiger partial charge on any atom is 0.0991 e. The summed E-state index contributed by atoms with van der Waals surface area (Å²) >= 11 is 1.83. The van der Waals surface area contributed by atoms with Crippen LogP contribution < -0.4 is 5.32 Å². The van der Waals surface area contributed by atoms with E-state index in [4.69, 9.17) is 0 Å². The second-order valence-corrected chi connectivity index (χ2v) is 7.30. The van der Waals surface area contributed by atoms with Crippen LogP contribution in [-0.2, 0) is 6.54 Å². The SMILES string of the molecule is Cc1cc(CNC(C)(C)C)cnc1SC(C)C. The zero-order chi connectivity index (χ0) is 13.1. The van der Waals surface area contributed by atoms with E-state index in [1.807, 2.05) is 18.0 Å². The standard InChI is InChI=1S/C14H24N2S/c1-10(2)17-13-11(3)7-12(8-15-13)9-16-14(4,5)6/h7-8,10,16H,9H2,1-6H3. The van der Waals surface area contributed by atoms with Gasteiger partial charge in [-0.25, -0.2) is 4.98 Å². The van der Waals surface area contributed by atoms with Crippen LogP contribution in [0.2, 0.25) is 0 Å². The average Bonchev–Trinajstić information content (AvgIpc) is 2.17. The van der Waals surface area contributed by atoms with Gasteiger partial charge in [-0.2, -0.15) is 0 Å². The van der Waals surface area contributed by atoms with E-state index in [2.05, 4.69) is 57.9 Å². The Labute approximate surface area is 110 Å². The highest BCUT2D eigenvalue weighted by atomic mass is 32.2. The van der Waals surface area contributed by atoms with Crippen molar-refractivity contribution in [1.29, 1.82) is 0 Å². The maximum absolute atomic E-state index is 4.54. The number of aromatic nitrogens is 1. The summed E-state index contributed by atoms with van der Waals surface area (Å²) in [6.07, 6.45) is 1.98. The Bertz CT molecular complexity index is 367. The molecule has 17 heavy (non-hydrogen) atoms. The largest absolute Gasteiger partial charge is 0.308 e. The number of nitrogens with zero attached hydrogens (tertiary/aromatic N) is 1. The van der Waals surface area contributed by atoms with E-state index in [1.54, 1.807) is 0 Å². The fourth-order valence-electron chi connectivity index (χ4n) is 1.43. The van der Waals surface area contributed by atoms with E-state index in [1.165, 1.54) is 11.1 Å². The van der Waals surface area contributed by atoms with Gasteiger partial charge in [0.05, 0.1) is 5.03 Å². The van der Waals surface area contributed by atoms with Crippen molar-refractivity contribution in [2.45, 2.75) is 63.9 Å². The van der Waals surface area contributed by atoms with Crippen molar-refractivity contribution >= 4 is 11.8 Å². The van der Waals surface area contributed by atoms with E-state index < -0.39 is 0 Å². The van der Waals surface area contributed by atoms with Gasteiger partial charge in [0.15, 0.2) is 0 Å². The number of rotatable bonds is 4. The van der Waals surface area contributed by atoms with Crippen LogP contribution in [0.15, 0.2) is 17.3 Å². The zero-order valence-corrected chi connectivity index (χ0v) is 12.6. The third kappa shape index (κ3) is 5.55. The molecule has 0 bridgehead atoms. The zero-order valence-electron chi connectivity index (χ0n) is 11.8. The summed E-state index contributed by atoms with van der Waals surface area (Å²) in [4.78, 5) is 4.54. The van der Waals surface area contributed by atoms with Crippen LogP contribution in [0.1, 0.15) is 45.7 Å². The van der Waals surface area contributed by atoms with Crippen LogP contribution in [0.3, 0.4) is 0 Å². The number of thioether (sulfide) groups is 1. The molecule has 1 aromatic heterocycles. The lowest BCUT2D eigenvalue weighted by Gasteiger charge is -2.20. The summed E-state index contributed by atoms with van der Waals surface area (Å²) in [5.41, 5.74) is 2.68. The van der Waals surface area contributed by atoms with Crippen molar-refractivity contribution in [3.05, 3.63) is 23.4 Å². The summed E-state index contributed by atoms with van der Waals surface area (Å²) in [5.74, 6) is 0. The minimum Gasteiger partial charge on any atom is -0.308 e. The second kappa shape index (κ2) is 5.87. The summed E-state index contributed by atoms with van der Waals surface area (Å²) in [6, 6.07) is 2.23. The van der Waals surface area contributed by atoms with Gasteiger partial charge >= 0.3 is 0 Å². The van der Waals surface area contributed by atoms with E-state index in [9.17, 15) is 0 Å². The summed E-state index contributed by atoms with van der Waals surface area (Å²) in [5, 5.41) is 5.21. The van der Waals surface area contributed by atoms with Crippen molar-refractivity contribution in [3.8, 4) is 0 Å². The molecular weight excluding hydrogens is 228 g/mol. The van der Waals surface area contributed by atoms with Crippen LogP contribution in [0.25, 0.3) is 0 Å². The molecule has 0 spiro atoms. The third-order valence-electron chi connectivity index (χ3n) is 2.26. The van der Waals surface area contributed by atoms with Gasteiger partial charge < -0.3 is 5.32 Å². The monoisotopic (exact) mass is 252 g/mol. The van der Waals surface area contributed by atoms with Crippen molar-refractivity contribution in [2.75, 3.05) is 0 Å². The summed E-state index contributed by atoms with van der Waals surface area (Å²) < 4.78 is 0. The quantitative estimate of drug-likeness (QED) is 0.826. The number of nitrogens with one attached hydrogen (secondary N) is 1. The minimum absolute atomic E-state index is 0.152. The Hall–Kier alpha value is -0.540. The Morgan fingerprint density at radius 2 is 2.00 bits per heavy atom. The number of hydrogen-bond donors (Lipinski definition) is 1. The number of aryl methyl sites for hydroxylation is 1. The Balaban J connectivity index is 2.68. The van der Waals surface area contributed by atoms with Crippen molar-refractivity contribution in [2.24, 2.45) is 0 Å². The molecule has 2 nitrogen and oxygen atoms in total. The fraction of sp³-hybridized carbons (Fsp3) is 0.643. The topological polar surface area (TPSA) is 24.9 Å². The predicted octanol–water partition coefficient (Wildman–Crippen LogP) is 3.78. The number of hydrogen-bond acceptors (Lipinski definition) is 3. The van der Waals surface area contributed by atoms with E-state index in [0.29, 0.717) is 5.25 Å². The molecule has 0 saturated carbocycles. The van der Waals surface area contributed by atoms with Gasteiger partial charge in [-0.1, -0.05) is 19.9 Å². The molecule has 0 aliphatic rings. The lowest BCUT2D eigenvalue weighted by atomic mass is 10.1. The highest BCUT2D eigenvalue weighted by Gasteiger charge is 2.10. The molecule has 0 atom stereocenters. The van der Waals surface area contributed by atoms with Crippen LogP contribution in [0, 0.1) is 6.92 Å². The molecule has 0 amide bonds. The molecule has 0 radical (unpaired) electrons. The average molecular weight is 252 g/mol. The Kier molecular flexibility index (Phi) is 5.02. The summed E-state index contributed by atoms with van der Waals surface area (Å²) in [6.45, 7) is 13.9. The van der Waals surface area contributed by atoms with Crippen molar-refractivity contribution < 1.29 is 0 Å². The lowest BCUT2D eigenvalue weighted by molar-refractivity contribution is 0.424. The maximum atomic E-state index is 4.54. The molecule has 1 aromatic rings. The fourth-order valence-corrected chi connectivity index (χ4v) is 2.24. The molecule has 0 unspecified atom stereocenters. The van der Waals surface area contributed by atoms with Crippen molar-refractivity contribution in [3.63, 3.8) is 0 Å². The Morgan fingerprint density at radius 3 is 2.47 bits per heavy atom. The highest BCUT2D eigenvalue weighted by Crippen LogP contribution is 2.24. The lowest BCUT2D eigenvalue weighted by Crippen LogP contribution is -2.35. The first-order chi connectivity index (χ1) is 7.78. The van der Waals surface area contributed by atoms with E-state index in [0.717, 1.165) is 11.6 Å². The molecule has 1 rings (SSSR count). The first-order valence-electron chi connectivity index (χ1n) is 6.15. The molecule has 0 aromatic carbocycles. The molecule has 96 valence electrons. The molecule has 1 heterocycles. The Morgan fingerprint density at radius 1 is 1.35 bits per heavy atom. The smallest absolute Gasteiger partial charge is 0.0991 e. The molecular formula is C14H24N2S. The predicted molar refractivity (Wildman–Crippen MR) is 76.6 cm³/mol. The first-order valence-corrected chi connectivity index (χ1v) is 7.03. The molecule has 0 aliphatic carbocycles. The van der Waals surface area contributed by atoms with Gasteiger partial charge in [0.2, 0.25) is 0 Å². The van der Waals surface area contributed by atoms with Crippen LogP contribution in [-0.4, -0.2) is 15.8 Å². The van der Waals surface area contributed by atoms with Gasteiger partial charge in [-0.15, -0.1) is 11.8 Å². The molecule has 0 saturated heterocycles. The molecule has 3 heteroatoms. The normalized spacial score (nSPS) is 12.2.